The van der Waals surface area contributed by atoms with Crippen molar-refractivity contribution in [3.05, 3.63) is 24.3 Å². The summed E-state index contributed by atoms with van der Waals surface area (Å²) in [6.07, 6.45) is 1.66. The highest BCUT2D eigenvalue weighted by Crippen LogP contribution is 2.25. The highest BCUT2D eigenvalue weighted by Gasteiger charge is 2.27. The summed E-state index contributed by atoms with van der Waals surface area (Å²) in [6, 6.07) is 7.91. The van der Waals surface area contributed by atoms with Gasteiger partial charge in [-0.25, -0.2) is 0 Å². The summed E-state index contributed by atoms with van der Waals surface area (Å²) >= 11 is 0. The standard InChI is InChI=1S/C12H16BNO/c1-12(15)6-8-14(9-7-12)11-4-2-10(13)3-5-11/h2-5,15H,6-9H2,1H3. The van der Waals surface area contributed by atoms with Gasteiger partial charge in [0.15, 0.2) is 0 Å². The first kappa shape index (κ1) is 10.6. The van der Waals surface area contributed by atoms with Gasteiger partial charge in [-0.15, -0.1) is 0 Å². The molecule has 0 unspecified atom stereocenters. The van der Waals surface area contributed by atoms with E-state index in [1.165, 1.54) is 5.69 Å². The van der Waals surface area contributed by atoms with E-state index in [1.807, 2.05) is 31.2 Å². The summed E-state index contributed by atoms with van der Waals surface area (Å²) in [5, 5.41) is 9.84. The van der Waals surface area contributed by atoms with E-state index in [1.54, 1.807) is 0 Å². The van der Waals surface area contributed by atoms with Crippen LogP contribution in [0.1, 0.15) is 19.8 Å². The molecule has 1 saturated heterocycles. The van der Waals surface area contributed by atoms with Crippen LogP contribution in [0.4, 0.5) is 5.69 Å². The average molecular weight is 201 g/mol. The van der Waals surface area contributed by atoms with Gasteiger partial charge in [-0.3, -0.25) is 0 Å². The van der Waals surface area contributed by atoms with Crippen LogP contribution in [0.2, 0.25) is 0 Å². The van der Waals surface area contributed by atoms with Crippen LogP contribution < -0.4 is 10.4 Å². The number of benzene rings is 1. The molecule has 15 heavy (non-hydrogen) atoms. The molecule has 1 aliphatic rings. The maximum absolute atomic E-state index is 9.84. The molecule has 0 saturated carbocycles. The molecule has 1 heterocycles. The largest absolute Gasteiger partial charge is 0.390 e. The topological polar surface area (TPSA) is 23.5 Å². The van der Waals surface area contributed by atoms with Crippen molar-refractivity contribution in [1.29, 1.82) is 0 Å². The van der Waals surface area contributed by atoms with Gasteiger partial charge in [0.25, 0.3) is 0 Å². The lowest BCUT2D eigenvalue weighted by molar-refractivity contribution is 0.0351. The molecule has 1 fully saturated rings. The fourth-order valence-corrected chi connectivity index (χ4v) is 1.93. The molecule has 0 aromatic heterocycles. The first-order valence-corrected chi connectivity index (χ1v) is 5.40. The molecule has 2 radical (unpaired) electrons. The maximum atomic E-state index is 9.84. The van der Waals surface area contributed by atoms with Gasteiger partial charge in [0.2, 0.25) is 0 Å². The van der Waals surface area contributed by atoms with Crippen molar-refractivity contribution in [3.63, 3.8) is 0 Å². The summed E-state index contributed by atoms with van der Waals surface area (Å²) in [5.74, 6) is 0. The third-order valence-corrected chi connectivity index (χ3v) is 3.10. The average Bonchev–Trinajstić information content (AvgIpc) is 2.20. The van der Waals surface area contributed by atoms with E-state index < -0.39 is 5.60 Å². The van der Waals surface area contributed by atoms with Crippen molar-refractivity contribution >= 4 is 19.0 Å². The predicted octanol–water partition coefficient (Wildman–Crippen LogP) is 0.832. The zero-order valence-electron chi connectivity index (χ0n) is 9.11. The molecule has 2 rings (SSSR count). The number of nitrogens with zero attached hydrogens (tertiary/aromatic N) is 1. The van der Waals surface area contributed by atoms with E-state index in [0.717, 1.165) is 31.4 Å². The highest BCUT2D eigenvalue weighted by molar-refractivity contribution is 6.32. The van der Waals surface area contributed by atoms with Crippen LogP contribution in [-0.4, -0.2) is 31.6 Å². The number of hydrogen-bond acceptors (Lipinski definition) is 2. The summed E-state index contributed by atoms with van der Waals surface area (Å²) in [5.41, 5.74) is 1.51. The van der Waals surface area contributed by atoms with Crippen LogP contribution in [0, 0.1) is 0 Å². The van der Waals surface area contributed by atoms with E-state index in [4.69, 9.17) is 7.85 Å². The smallest absolute Gasteiger partial charge is 0.113 e. The zero-order valence-corrected chi connectivity index (χ0v) is 9.11. The Morgan fingerprint density at radius 1 is 1.20 bits per heavy atom. The van der Waals surface area contributed by atoms with E-state index in [9.17, 15) is 5.11 Å². The normalized spacial score (nSPS) is 20.3. The third kappa shape index (κ3) is 2.54. The number of piperidine rings is 1. The first-order valence-electron chi connectivity index (χ1n) is 5.40. The molecule has 0 spiro atoms. The van der Waals surface area contributed by atoms with Crippen molar-refractivity contribution in [2.45, 2.75) is 25.4 Å². The van der Waals surface area contributed by atoms with Gasteiger partial charge >= 0.3 is 0 Å². The number of anilines is 1. The molecule has 1 aromatic carbocycles. The third-order valence-electron chi connectivity index (χ3n) is 3.10. The molecule has 3 heteroatoms. The molecular formula is C12H16BNO. The van der Waals surface area contributed by atoms with Gasteiger partial charge in [0.1, 0.15) is 7.85 Å². The van der Waals surface area contributed by atoms with Crippen molar-refractivity contribution in [2.24, 2.45) is 0 Å². The van der Waals surface area contributed by atoms with Gasteiger partial charge < -0.3 is 10.0 Å². The lowest BCUT2D eigenvalue weighted by atomic mass is 9.92. The maximum Gasteiger partial charge on any atom is 0.113 e. The molecule has 1 aromatic rings. The Bertz CT molecular complexity index is 324. The Morgan fingerprint density at radius 2 is 1.73 bits per heavy atom. The molecular weight excluding hydrogens is 185 g/mol. The molecule has 0 amide bonds. The molecule has 78 valence electrons. The summed E-state index contributed by atoms with van der Waals surface area (Å²) < 4.78 is 0. The van der Waals surface area contributed by atoms with E-state index in [2.05, 4.69) is 4.90 Å². The second-order valence-corrected chi connectivity index (χ2v) is 4.58. The lowest BCUT2D eigenvalue weighted by Crippen LogP contribution is -2.42. The van der Waals surface area contributed by atoms with Crippen molar-refractivity contribution < 1.29 is 5.11 Å². The minimum absolute atomic E-state index is 0.482. The molecule has 1 aliphatic heterocycles. The predicted molar refractivity (Wildman–Crippen MR) is 63.9 cm³/mol. The van der Waals surface area contributed by atoms with Gasteiger partial charge in [-0.1, -0.05) is 17.6 Å². The van der Waals surface area contributed by atoms with Crippen molar-refractivity contribution in [2.75, 3.05) is 18.0 Å². The van der Waals surface area contributed by atoms with E-state index >= 15 is 0 Å². The Labute approximate surface area is 92.3 Å². The second kappa shape index (κ2) is 3.89. The Hall–Kier alpha value is -0.955. The second-order valence-electron chi connectivity index (χ2n) is 4.58. The zero-order chi connectivity index (χ0) is 10.9. The molecule has 0 aliphatic carbocycles. The molecule has 2 nitrogen and oxygen atoms in total. The van der Waals surface area contributed by atoms with Crippen LogP contribution in [0.25, 0.3) is 0 Å². The van der Waals surface area contributed by atoms with Crippen LogP contribution >= 0.6 is 0 Å². The van der Waals surface area contributed by atoms with Crippen LogP contribution in [0.3, 0.4) is 0 Å². The fourth-order valence-electron chi connectivity index (χ4n) is 1.93. The van der Waals surface area contributed by atoms with Crippen LogP contribution in [-0.2, 0) is 0 Å². The van der Waals surface area contributed by atoms with Crippen molar-refractivity contribution in [1.82, 2.24) is 0 Å². The van der Waals surface area contributed by atoms with Gasteiger partial charge in [0, 0.05) is 18.8 Å². The fraction of sp³-hybridized carbons (Fsp3) is 0.500. The SMILES string of the molecule is [B]c1ccc(N2CCC(C)(O)CC2)cc1. The monoisotopic (exact) mass is 201 g/mol. The number of hydrogen-bond donors (Lipinski definition) is 1. The first-order chi connectivity index (χ1) is 7.07. The summed E-state index contributed by atoms with van der Waals surface area (Å²) in [7, 11) is 5.64. The molecule has 0 atom stereocenters. The van der Waals surface area contributed by atoms with Crippen LogP contribution in [0.15, 0.2) is 24.3 Å². The van der Waals surface area contributed by atoms with E-state index in [-0.39, 0.29) is 0 Å². The Kier molecular flexibility index (Phi) is 2.74. The Balaban J connectivity index is 2.04. The Morgan fingerprint density at radius 3 is 2.27 bits per heavy atom. The summed E-state index contributed by atoms with van der Waals surface area (Å²) in [6.45, 7) is 3.74. The minimum Gasteiger partial charge on any atom is -0.390 e. The molecule has 1 N–H and O–H groups in total. The number of aliphatic hydroxyl groups is 1. The van der Waals surface area contributed by atoms with Gasteiger partial charge in [-0.05, 0) is 31.9 Å². The minimum atomic E-state index is -0.482. The van der Waals surface area contributed by atoms with Crippen molar-refractivity contribution in [3.8, 4) is 0 Å². The van der Waals surface area contributed by atoms with Crippen LogP contribution in [0.5, 0.6) is 0 Å². The summed E-state index contributed by atoms with van der Waals surface area (Å²) in [4.78, 5) is 2.29. The highest BCUT2D eigenvalue weighted by atomic mass is 16.3. The van der Waals surface area contributed by atoms with Gasteiger partial charge in [-0.2, -0.15) is 0 Å². The number of rotatable bonds is 1. The molecule has 0 bridgehead atoms. The quantitative estimate of drug-likeness (QED) is 0.680. The van der Waals surface area contributed by atoms with Gasteiger partial charge in [0.05, 0.1) is 5.60 Å². The van der Waals surface area contributed by atoms with E-state index in [0.29, 0.717) is 0 Å². The lowest BCUT2D eigenvalue weighted by Gasteiger charge is -2.37.